The second-order valence-corrected chi connectivity index (χ2v) is 4.88. The van der Waals surface area contributed by atoms with Crippen molar-refractivity contribution in [1.29, 1.82) is 0 Å². The van der Waals surface area contributed by atoms with Crippen LogP contribution in [-0.4, -0.2) is 14.2 Å². The van der Waals surface area contributed by atoms with Gasteiger partial charge in [-0.2, -0.15) is 0 Å². The minimum Gasteiger partial charge on any atom is -0.496 e. The first-order valence-electron chi connectivity index (χ1n) is 6.71. The molecule has 0 heterocycles. The predicted octanol–water partition coefficient (Wildman–Crippen LogP) is 3.65. The lowest BCUT2D eigenvalue weighted by atomic mass is 9.96. The van der Waals surface area contributed by atoms with Gasteiger partial charge in [0.25, 0.3) is 0 Å². The lowest BCUT2D eigenvalue weighted by Crippen LogP contribution is -2.20. The summed E-state index contributed by atoms with van der Waals surface area (Å²) in [5.41, 5.74) is 2.92. The fourth-order valence-corrected chi connectivity index (χ4v) is 2.38. The van der Waals surface area contributed by atoms with E-state index in [0.717, 1.165) is 16.9 Å². The minimum atomic E-state index is -0.167. The third kappa shape index (κ3) is 3.17. The van der Waals surface area contributed by atoms with Crippen LogP contribution in [0.2, 0.25) is 0 Å². The molecule has 0 saturated heterocycles. The smallest absolute Gasteiger partial charge is 0.126 e. The minimum absolute atomic E-state index is 0.0155. The second kappa shape index (κ2) is 6.53. The molecule has 1 atom stereocenters. The summed E-state index contributed by atoms with van der Waals surface area (Å²) in [6.07, 6.45) is 0.586. The number of ether oxygens (including phenoxy) is 1. The average Bonchev–Trinajstić information content (AvgIpc) is 2.46. The van der Waals surface area contributed by atoms with Crippen molar-refractivity contribution in [3.63, 3.8) is 0 Å². The highest BCUT2D eigenvalue weighted by atomic mass is 19.1. The van der Waals surface area contributed by atoms with E-state index in [0.29, 0.717) is 12.0 Å². The van der Waals surface area contributed by atoms with Crippen LogP contribution in [0.25, 0.3) is 0 Å². The van der Waals surface area contributed by atoms with E-state index in [1.54, 1.807) is 13.2 Å². The van der Waals surface area contributed by atoms with E-state index in [4.69, 9.17) is 4.74 Å². The summed E-state index contributed by atoms with van der Waals surface area (Å²) in [4.78, 5) is 0. The van der Waals surface area contributed by atoms with Crippen LogP contribution in [0, 0.1) is 12.7 Å². The Bertz CT molecular complexity index is 583. The van der Waals surface area contributed by atoms with Gasteiger partial charge in [-0.25, -0.2) is 4.39 Å². The van der Waals surface area contributed by atoms with Crippen LogP contribution in [0.1, 0.15) is 22.7 Å². The number of nitrogens with one attached hydrogen (secondary N) is 1. The Kier molecular flexibility index (Phi) is 4.74. The van der Waals surface area contributed by atoms with Gasteiger partial charge in [0.2, 0.25) is 0 Å². The van der Waals surface area contributed by atoms with E-state index in [-0.39, 0.29) is 11.9 Å². The lowest BCUT2D eigenvalue weighted by Gasteiger charge is -2.20. The summed E-state index contributed by atoms with van der Waals surface area (Å²) >= 11 is 0. The van der Waals surface area contributed by atoms with Crippen molar-refractivity contribution in [2.45, 2.75) is 19.4 Å². The van der Waals surface area contributed by atoms with Crippen LogP contribution < -0.4 is 10.1 Å². The first-order valence-corrected chi connectivity index (χ1v) is 6.71. The topological polar surface area (TPSA) is 21.3 Å². The third-order valence-electron chi connectivity index (χ3n) is 3.49. The second-order valence-electron chi connectivity index (χ2n) is 4.88. The maximum Gasteiger partial charge on any atom is 0.126 e. The fraction of sp³-hybridized carbons (Fsp3) is 0.294. The standard InChI is InChI=1S/C17H20FNO/c1-12-8-9-17(20-3)14(10-12)16(19-2)11-13-6-4-5-7-15(13)18/h4-10,16,19H,11H2,1-3H3. The Morgan fingerprint density at radius 1 is 1.20 bits per heavy atom. The number of benzene rings is 2. The molecule has 1 unspecified atom stereocenters. The summed E-state index contributed by atoms with van der Waals surface area (Å²) in [6, 6.07) is 13.0. The molecule has 0 saturated carbocycles. The molecule has 0 spiro atoms. The molecule has 2 aromatic rings. The molecular formula is C17H20FNO. The Morgan fingerprint density at radius 2 is 1.95 bits per heavy atom. The first-order chi connectivity index (χ1) is 9.65. The van der Waals surface area contributed by atoms with Crippen molar-refractivity contribution < 1.29 is 9.13 Å². The Hall–Kier alpha value is -1.87. The van der Waals surface area contributed by atoms with Gasteiger partial charge in [-0.3, -0.25) is 0 Å². The van der Waals surface area contributed by atoms with Gasteiger partial charge in [0.05, 0.1) is 7.11 Å². The van der Waals surface area contributed by atoms with Gasteiger partial charge in [-0.05, 0) is 38.1 Å². The number of rotatable bonds is 5. The molecule has 0 bridgehead atoms. The van der Waals surface area contributed by atoms with Crippen LogP contribution in [-0.2, 0) is 6.42 Å². The number of aryl methyl sites for hydroxylation is 1. The zero-order valence-electron chi connectivity index (χ0n) is 12.1. The zero-order valence-corrected chi connectivity index (χ0v) is 12.1. The van der Waals surface area contributed by atoms with Crippen LogP contribution in [0.15, 0.2) is 42.5 Å². The van der Waals surface area contributed by atoms with Gasteiger partial charge in [0.15, 0.2) is 0 Å². The van der Waals surface area contributed by atoms with Crippen molar-refractivity contribution in [3.05, 3.63) is 65.0 Å². The van der Waals surface area contributed by atoms with Crippen molar-refractivity contribution in [2.24, 2.45) is 0 Å². The van der Waals surface area contributed by atoms with E-state index in [9.17, 15) is 4.39 Å². The van der Waals surface area contributed by atoms with Gasteiger partial charge in [0.1, 0.15) is 11.6 Å². The van der Waals surface area contributed by atoms with Gasteiger partial charge in [-0.15, -0.1) is 0 Å². The molecular weight excluding hydrogens is 253 g/mol. The van der Waals surface area contributed by atoms with E-state index < -0.39 is 0 Å². The van der Waals surface area contributed by atoms with Gasteiger partial charge >= 0.3 is 0 Å². The van der Waals surface area contributed by atoms with Crippen LogP contribution in [0.3, 0.4) is 0 Å². The fourth-order valence-electron chi connectivity index (χ4n) is 2.38. The molecule has 20 heavy (non-hydrogen) atoms. The molecule has 2 aromatic carbocycles. The van der Waals surface area contributed by atoms with Crippen molar-refractivity contribution in [3.8, 4) is 5.75 Å². The lowest BCUT2D eigenvalue weighted by molar-refractivity contribution is 0.400. The van der Waals surface area contributed by atoms with Crippen LogP contribution >= 0.6 is 0 Å². The summed E-state index contributed by atoms with van der Waals surface area (Å²) in [5.74, 6) is 0.658. The molecule has 0 fully saturated rings. The number of hydrogen-bond donors (Lipinski definition) is 1. The molecule has 0 aliphatic rings. The molecule has 0 radical (unpaired) electrons. The van der Waals surface area contributed by atoms with Crippen LogP contribution in [0.4, 0.5) is 4.39 Å². The van der Waals surface area contributed by atoms with E-state index in [2.05, 4.69) is 11.4 Å². The van der Waals surface area contributed by atoms with Crippen molar-refractivity contribution in [2.75, 3.05) is 14.2 Å². The van der Waals surface area contributed by atoms with Crippen molar-refractivity contribution in [1.82, 2.24) is 5.32 Å². The molecule has 0 aromatic heterocycles. The maximum atomic E-state index is 13.8. The van der Waals surface area contributed by atoms with E-state index in [1.165, 1.54) is 6.07 Å². The van der Waals surface area contributed by atoms with E-state index in [1.807, 2.05) is 38.2 Å². The van der Waals surface area contributed by atoms with E-state index >= 15 is 0 Å². The quantitative estimate of drug-likeness (QED) is 0.898. The number of hydrogen-bond acceptors (Lipinski definition) is 2. The highest BCUT2D eigenvalue weighted by Crippen LogP contribution is 2.29. The molecule has 0 amide bonds. The maximum absolute atomic E-state index is 13.8. The molecule has 1 N–H and O–H groups in total. The van der Waals surface area contributed by atoms with Gasteiger partial charge < -0.3 is 10.1 Å². The summed E-state index contributed by atoms with van der Waals surface area (Å²) in [5, 5.41) is 3.25. The summed E-state index contributed by atoms with van der Waals surface area (Å²) in [7, 11) is 3.54. The molecule has 3 heteroatoms. The number of likely N-dealkylation sites (N-methyl/N-ethyl adjacent to an activating group) is 1. The molecule has 106 valence electrons. The van der Waals surface area contributed by atoms with Gasteiger partial charge in [0, 0.05) is 11.6 Å². The molecule has 2 rings (SSSR count). The van der Waals surface area contributed by atoms with Gasteiger partial charge in [-0.1, -0.05) is 35.9 Å². The Morgan fingerprint density at radius 3 is 2.60 bits per heavy atom. The number of methoxy groups -OCH3 is 1. The van der Waals surface area contributed by atoms with Crippen molar-refractivity contribution >= 4 is 0 Å². The molecule has 2 nitrogen and oxygen atoms in total. The first kappa shape index (κ1) is 14.5. The third-order valence-corrected chi connectivity index (χ3v) is 3.49. The average molecular weight is 273 g/mol. The largest absolute Gasteiger partial charge is 0.496 e. The highest BCUT2D eigenvalue weighted by molar-refractivity contribution is 5.40. The summed E-state index contributed by atoms with van der Waals surface area (Å²) in [6.45, 7) is 2.04. The Balaban J connectivity index is 2.33. The van der Waals surface area contributed by atoms with Crippen LogP contribution in [0.5, 0.6) is 5.75 Å². The Labute approximate surface area is 119 Å². The normalized spacial score (nSPS) is 12.2. The summed E-state index contributed by atoms with van der Waals surface area (Å²) < 4.78 is 19.2. The zero-order chi connectivity index (χ0) is 14.5. The highest BCUT2D eigenvalue weighted by Gasteiger charge is 2.16. The molecule has 0 aliphatic carbocycles. The molecule has 0 aliphatic heterocycles. The SMILES string of the molecule is CNC(Cc1ccccc1F)c1cc(C)ccc1OC. The number of halogens is 1. The monoisotopic (exact) mass is 273 g/mol. The predicted molar refractivity (Wildman–Crippen MR) is 79.6 cm³/mol.